The van der Waals surface area contributed by atoms with Gasteiger partial charge in [0, 0.05) is 0 Å². The summed E-state index contributed by atoms with van der Waals surface area (Å²) >= 11 is 0. The van der Waals surface area contributed by atoms with Crippen molar-refractivity contribution in [1.82, 2.24) is 0 Å². The number of aromatic hydroxyl groups is 1. The molecule has 0 amide bonds. The predicted octanol–water partition coefficient (Wildman–Crippen LogP) is 1.10. The number of carbonyl (C=O) groups is 1. The van der Waals surface area contributed by atoms with Crippen LogP contribution in [0.15, 0.2) is 18.2 Å². The molecule has 4 heteroatoms. The summed E-state index contributed by atoms with van der Waals surface area (Å²) in [5.41, 5.74) is -0.160. The quantitative estimate of drug-likeness (QED) is 0.699. The Labute approximate surface area is 73.2 Å². The van der Waals surface area contributed by atoms with Crippen LogP contribution in [0.3, 0.4) is 0 Å². The van der Waals surface area contributed by atoms with Crippen LogP contribution in [0, 0.1) is 0 Å². The Morgan fingerprint density at radius 1 is 1.67 bits per heavy atom. The van der Waals surface area contributed by atoms with Gasteiger partial charge in [0.1, 0.15) is 0 Å². The Morgan fingerprint density at radius 3 is 3.00 bits per heavy atom. The first-order valence-electron chi connectivity index (χ1n) is 4.55. The highest BCUT2D eigenvalue weighted by Gasteiger charge is 2.06. The van der Waals surface area contributed by atoms with Crippen LogP contribution in [0.1, 0.15) is 14.5 Å². The summed E-state index contributed by atoms with van der Waals surface area (Å²) in [6.45, 7) is 0. The van der Waals surface area contributed by atoms with Crippen molar-refractivity contribution < 1.29 is 23.9 Å². The Morgan fingerprint density at radius 2 is 2.42 bits per heavy atom. The summed E-state index contributed by atoms with van der Waals surface area (Å²) in [5.74, 6) is -2.03. The van der Waals surface area contributed by atoms with Gasteiger partial charge < -0.3 is 14.9 Å². The van der Waals surface area contributed by atoms with E-state index in [4.69, 9.17) is 9.22 Å². The van der Waals surface area contributed by atoms with Crippen molar-refractivity contribution in [3.8, 4) is 11.5 Å². The van der Waals surface area contributed by atoms with Crippen LogP contribution in [0.25, 0.3) is 0 Å². The number of hydrogen-bond acceptors (Lipinski definition) is 3. The molecule has 2 N–H and O–H groups in total. The number of phenols is 1. The molecular weight excluding hydrogens is 160 g/mol. The van der Waals surface area contributed by atoms with Crippen molar-refractivity contribution in [2.75, 3.05) is 7.04 Å². The van der Waals surface area contributed by atoms with Gasteiger partial charge in [0.2, 0.25) is 0 Å². The van der Waals surface area contributed by atoms with E-state index in [0.717, 1.165) is 18.2 Å². The molecule has 12 heavy (non-hydrogen) atoms. The van der Waals surface area contributed by atoms with Crippen molar-refractivity contribution >= 4 is 5.97 Å². The number of methoxy groups -OCH3 is 1. The van der Waals surface area contributed by atoms with E-state index in [-0.39, 0.29) is 11.3 Å². The number of carboxylic acids is 1. The fourth-order valence-electron chi connectivity index (χ4n) is 0.729. The van der Waals surface area contributed by atoms with E-state index in [1.807, 2.05) is 0 Å². The van der Waals surface area contributed by atoms with Crippen molar-refractivity contribution in [3.05, 3.63) is 23.8 Å². The molecule has 1 aromatic rings. The lowest BCUT2D eigenvalue weighted by Gasteiger charge is -2.02. The summed E-state index contributed by atoms with van der Waals surface area (Å²) in [4.78, 5) is 10.6. The Balaban J connectivity index is 3.06. The normalized spacial score (nSPS) is 14.2. The maximum absolute atomic E-state index is 10.6. The zero-order valence-electron chi connectivity index (χ0n) is 8.94. The van der Waals surface area contributed by atoms with Gasteiger partial charge in [0.05, 0.1) is 16.7 Å². The van der Waals surface area contributed by atoms with Gasteiger partial charge in [-0.05, 0) is 18.2 Å². The second-order valence-corrected chi connectivity index (χ2v) is 2.09. The summed E-state index contributed by atoms with van der Waals surface area (Å²) in [7, 11) is -2.73. The number of benzene rings is 1. The van der Waals surface area contributed by atoms with E-state index in [1.54, 1.807) is 0 Å². The Bertz CT molecular complexity index is 386. The third-order valence-electron chi connectivity index (χ3n) is 1.32. The van der Waals surface area contributed by atoms with E-state index in [0.29, 0.717) is 0 Å². The molecule has 0 atom stereocenters. The number of phenolic OH excluding ortho intramolecular Hbond substituents is 1. The number of aromatic carboxylic acids is 1. The third-order valence-corrected chi connectivity index (χ3v) is 1.32. The molecule has 0 fully saturated rings. The van der Waals surface area contributed by atoms with Crippen molar-refractivity contribution in [2.45, 2.75) is 0 Å². The maximum Gasteiger partial charge on any atom is 0.335 e. The lowest BCUT2D eigenvalue weighted by Crippen LogP contribution is -1.96. The van der Waals surface area contributed by atoms with Crippen LogP contribution in [0.5, 0.6) is 11.5 Å². The van der Waals surface area contributed by atoms with E-state index >= 15 is 0 Å². The van der Waals surface area contributed by atoms with E-state index in [1.165, 1.54) is 0 Å². The lowest BCUT2D eigenvalue weighted by atomic mass is 10.2. The minimum atomic E-state index is -2.73. The average molecular weight is 171 g/mol. The topological polar surface area (TPSA) is 66.8 Å². The summed E-state index contributed by atoms with van der Waals surface area (Å²) < 4.78 is 24.8. The van der Waals surface area contributed by atoms with Crippen LogP contribution >= 0.6 is 0 Å². The minimum absolute atomic E-state index is 0.160. The number of ether oxygens (including phenoxy) is 1. The fourth-order valence-corrected chi connectivity index (χ4v) is 0.729. The van der Waals surface area contributed by atoms with Gasteiger partial charge >= 0.3 is 5.97 Å². The van der Waals surface area contributed by atoms with Gasteiger partial charge in [-0.15, -0.1) is 0 Å². The number of rotatable bonds is 2. The molecule has 64 valence electrons. The monoisotopic (exact) mass is 171 g/mol. The molecule has 0 bridgehead atoms. The van der Waals surface area contributed by atoms with Gasteiger partial charge in [-0.3, -0.25) is 0 Å². The molecule has 0 aromatic heterocycles. The fraction of sp³-hybridized carbons (Fsp3) is 0.125. The molecule has 0 unspecified atom stereocenters. The van der Waals surface area contributed by atoms with Gasteiger partial charge in [-0.1, -0.05) is 0 Å². The highest BCUT2D eigenvalue weighted by atomic mass is 16.5. The molecular formula is C8H8O4. The lowest BCUT2D eigenvalue weighted by molar-refractivity contribution is 0.0696. The van der Waals surface area contributed by atoms with Crippen molar-refractivity contribution in [2.24, 2.45) is 0 Å². The SMILES string of the molecule is [2H]C([2H])([2H])Oc1cc(C(=O)O)ccc1O. The zero-order chi connectivity index (χ0) is 11.6. The smallest absolute Gasteiger partial charge is 0.335 e. The molecule has 0 saturated carbocycles. The molecule has 0 radical (unpaired) electrons. The maximum atomic E-state index is 10.6. The molecule has 1 rings (SSSR count). The van der Waals surface area contributed by atoms with Crippen LogP contribution in [-0.4, -0.2) is 23.2 Å². The third kappa shape index (κ3) is 1.47. The van der Waals surface area contributed by atoms with Crippen LogP contribution in [-0.2, 0) is 0 Å². The molecule has 4 nitrogen and oxygen atoms in total. The predicted molar refractivity (Wildman–Crippen MR) is 41.6 cm³/mol. The molecule has 0 aliphatic rings. The highest BCUT2D eigenvalue weighted by Crippen LogP contribution is 2.25. The van der Waals surface area contributed by atoms with Crippen LogP contribution in [0.4, 0.5) is 0 Å². The Hall–Kier alpha value is -1.71. The molecule has 0 aliphatic carbocycles. The molecule has 0 heterocycles. The summed E-state index contributed by atoms with van der Waals surface area (Å²) in [6.07, 6.45) is 0. The molecule has 0 spiro atoms. The number of hydrogen-bond donors (Lipinski definition) is 2. The van der Waals surface area contributed by atoms with E-state index in [9.17, 15) is 9.90 Å². The second kappa shape index (κ2) is 3.13. The zero-order valence-corrected chi connectivity index (χ0v) is 5.94. The first-order valence-corrected chi connectivity index (χ1v) is 3.05. The van der Waals surface area contributed by atoms with Gasteiger partial charge in [-0.25, -0.2) is 4.79 Å². The first-order chi connectivity index (χ1) is 6.79. The average Bonchev–Trinajstić information content (AvgIpc) is 2.06. The van der Waals surface area contributed by atoms with Gasteiger partial charge in [-0.2, -0.15) is 0 Å². The van der Waals surface area contributed by atoms with E-state index in [2.05, 4.69) is 4.74 Å². The largest absolute Gasteiger partial charge is 0.504 e. The molecule has 1 aromatic carbocycles. The van der Waals surface area contributed by atoms with E-state index < -0.39 is 18.8 Å². The Kier molecular flexibility index (Phi) is 1.31. The minimum Gasteiger partial charge on any atom is -0.504 e. The standard InChI is InChI=1S/C8H8O4/c1-12-7-4-5(8(10)11)2-3-6(7)9/h2-4,9H,1H3,(H,10,11)/i1D3. The summed E-state index contributed by atoms with van der Waals surface area (Å²) in [6, 6.07) is 3.15. The van der Waals surface area contributed by atoms with Crippen LogP contribution in [0.2, 0.25) is 0 Å². The highest BCUT2D eigenvalue weighted by molar-refractivity contribution is 5.88. The van der Waals surface area contributed by atoms with Crippen LogP contribution < -0.4 is 4.74 Å². The van der Waals surface area contributed by atoms with Crippen molar-refractivity contribution in [3.63, 3.8) is 0 Å². The first kappa shape index (κ1) is 5.03. The van der Waals surface area contributed by atoms with Crippen molar-refractivity contribution in [1.29, 1.82) is 0 Å². The van der Waals surface area contributed by atoms with Gasteiger partial charge in [0.25, 0.3) is 0 Å². The summed E-state index contributed by atoms with van der Waals surface area (Å²) in [5, 5.41) is 17.8. The molecule has 0 aliphatic heterocycles. The van der Waals surface area contributed by atoms with Gasteiger partial charge in [0.15, 0.2) is 11.5 Å². The molecule has 0 saturated heterocycles. The second-order valence-electron chi connectivity index (χ2n) is 2.09. The number of carboxylic acid groups (broad SMARTS) is 1.